The highest BCUT2D eigenvalue weighted by Gasteiger charge is 2.22. The van der Waals surface area contributed by atoms with E-state index < -0.39 is 0 Å². The van der Waals surface area contributed by atoms with Gasteiger partial charge >= 0.3 is 0 Å². The number of rotatable bonds is 4. The van der Waals surface area contributed by atoms with Crippen molar-refractivity contribution >= 4 is 18.3 Å². The number of amides is 1. The molecule has 2 aliphatic rings. The van der Waals surface area contributed by atoms with Crippen LogP contribution in [0.5, 0.6) is 0 Å². The topological polar surface area (TPSA) is 32.3 Å². The lowest BCUT2D eigenvalue weighted by atomic mass is 9.92. The molecule has 19 heavy (non-hydrogen) atoms. The number of nitrogens with zero attached hydrogens (tertiary/aromatic N) is 1. The minimum atomic E-state index is 0. The molecule has 2 rings (SSSR count). The molecule has 0 aromatic heterocycles. The van der Waals surface area contributed by atoms with Crippen LogP contribution < -0.4 is 5.32 Å². The number of piperidine rings is 1. The Bertz CT molecular complexity index is 261. The van der Waals surface area contributed by atoms with E-state index in [9.17, 15) is 4.79 Å². The summed E-state index contributed by atoms with van der Waals surface area (Å²) >= 11 is 0. The van der Waals surface area contributed by atoms with E-state index in [0.717, 1.165) is 31.8 Å². The second-order valence-corrected chi connectivity index (χ2v) is 6.03. The number of halogens is 1. The van der Waals surface area contributed by atoms with E-state index in [1.807, 2.05) is 11.9 Å². The van der Waals surface area contributed by atoms with E-state index in [1.54, 1.807) is 0 Å². The van der Waals surface area contributed by atoms with Gasteiger partial charge in [-0.3, -0.25) is 4.79 Å². The molecule has 0 spiro atoms. The largest absolute Gasteiger partial charge is 0.343 e. The first kappa shape index (κ1) is 16.8. The summed E-state index contributed by atoms with van der Waals surface area (Å²) < 4.78 is 0. The summed E-state index contributed by atoms with van der Waals surface area (Å²) in [7, 11) is 2.01. The Hall–Kier alpha value is -0.280. The lowest BCUT2D eigenvalue weighted by molar-refractivity contribution is -0.132. The Balaban J connectivity index is 0.00000180. The molecule has 0 aromatic rings. The zero-order valence-electron chi connectivity index (χ0n) is 12.2. The fourth-order valence-corrected chi connectivity index (χ4v) is 3.35. The first-order valence-electron chi connectivity index (χ1n) is 7.74. The van der Waals surface area contributed by atoms with Crippen LogP contribution in [0.25, 0.3) is 0 Å². The number of carbonyl (C=O) groups excluding carboxylic acids is 1. The van der Waals surface area contributed by atoms with Crippen molar-refractivity contribution in [3.8, 4) is 0 Å². The molecular weight excluding hydrogens is 260 g/mol. The monoisotopic (exact) mass is 288 g/mol. The molecule has 1 aliphatic carbocycles. The highest BCUT2D eigenvalue weighted by atomic mass is 35.5. The van der Waals surface area contributed by atoms with E-state index in [2.05, 4.69) is 5.32 Å². The average molecular weight is 289 g/mol. The molecule has 1 saturated heterocycles. The molecule has 1 saturated carbocycles. The van der Waals surface area contributed by atoms with Crippen molar-refractivity contribution in [2.75, 3.05) is 20.1 Å². The van der Waals surface area contributed by atoms with Crippen LogP contribution in [-0.2, 0) is 4.79 Å². The Morgan fingerprint density at radius 3 is 2.37 bits per heavy atom. The van der Waals surface area contributed by atoms with Gasteiger partial charge in [0, 0.05) is 19.5 Å². The quantitative estimate of drug-likeness (QED) is 0.862. The summed E-state index contributed by atoms with van der Waals surface area (Å²) in [5.41, 5.74) is 0. The van der Waals surface area contributed by atoms with Gasteiger partial charge in [0.25, 0.3) is 0 Å². The van der Waals surface area contributed by atoms with Crippen LogP contribution in [-0.4, -0.2) is 37.0 Å². The SMILES string of the molecule is CN(C(=O)CCC1CCNCC1)C1CCCCC1.Cl. The van der Waals surface area contributed by atoms with Gasteiger partial charge in [-0.25, -0.2) is 0 Å². The summed E-state index contributed by atoms with van der Waals surface area (Å²) in [6.07, 6.45) is 10.8. The molecule has 0 unspecified atom stereocenters. The van der Waals surface area contributed by atoms with Gasteiger partial charge in [-0.05, 0) is 51.1 Å². The fourth-order valence-electron chi connectivity index (χ4n) is 3.35. The molecule has 0 aromatic carbocycles. The van der Waals surface area contributed by atoms with Crippen LogP contribution in [0.2, 0.25) is 0 Å². The highest BCUT2D eigenvalue weighted by molar-refractivity contribution is 5.85. The zero-order chi connectivity index (χ0) is 12.8. The van der Waals surface area contributed by atoms with Crippen molar-refractivity contribution in [3.63, 3.8) is 0 Å². The number of nitrogens with one attached hydrogen (secondary N) is 1. The van der Waals surface area contributed by atoms with E-state index in [0.29, 0.717) is 11.9 Å². The van der Waals surface area contributed by atoms with Crippen LogP contribution in [0.15, 0.2) is 0 Å². The molecule has 1 N–H and O–H groups in total. The second-order valence-electron chi connectivity index (χ2n) is 6.03. The van der Waals surface area contributed by atoms with Crippen molar-refractivity contribution < 1.29 is 4.79 Å². The van der Waals surface area contributed by atoms with Crippen LogP contribution >= 0.6 is 12.4 Å². The standard InChI is InChI=1S/C15H28N2O.ClH/c1-17(14-5-3-2-4-6-14)15(18)8-7-13-9-11-16-12-10-13;/h13-14,16H,2-12H2,1H3;1H. The first-order chi connectivity index (χ1) is 8.77. The van der Waals surface area contributed by atoms with Gasteiger partial charge in [0.15, 0.2) is 0 Å². The van der Waals surface area contributed by atoms with Crippen LogP contribution in [0.3, 0.4) is 0 Å². The molecule has 112 valence electrons. The zero-order valence-corrected chi connectivity index (χ0v) is 13.0. The van der Waals surface area contributed by atoms with E-state index in [-0.39, 0.29) is 12.4 Å². The van der Waals surface area contributed by atoms with Gasteiger partial charge in [-0.1, -0.05) is 19.3 Å². The van der Waals surface area contributed by atoms with Gasteiger partial charge in [0.05, 0.1) is 0 Å². The molecule has 1 heterocycles. The Labute approximate surface area is 123 Å². The van der Waals surface area contributed by atoms with Gasteiger partial charge in [0.1, 0.15) is 0 Å². The van der Waals surface area contributed by atoms with Crippen molar-refractivity contribution in [3.05, 3.63) is 0 Å². The summed E-state index contributed by atoms with van der Waals surface area (Å²) in [5.74, 6) is 1.15. The minimum absolute atomic E-state index is 0. The molecule has 3 nitrogen and oxygen atoms in total. The third kappa shape index (κ3) is 5.31. The molecule has 1 aliphatic heterocycles. The number of carbonyl (C=O) groups is 1. The van der Waals surface area contributed by atoms with Crippen LogP contribution in [0.1, 0.15) is 57.8 Å². The lowest BCUT2D eigenvalue weighted by Crippen LogP contribution is -2.38. The highest BCUT2D eigenvalue weighted by Crippen LogP contribution is 2.23. The third-order valence-electron chi connectivity index (χ3n) is 4.74. The van der Waals surface area contributed by atoms with Gasteiger partial charge in [0.2, 0.25) is 5.91 Å². The maximum atomic E-state index is 12.2. The van der Waals surface area contributed by atoms with Crippen molar-refractivity contribution in [2.24, 2.45) is 5.92 Å². The molecule has 1 amide bonds. The molecular formula is C15H29ClN2O. The Morgan fingerprint density at radius 2 is 1.74 bits per heavy atom. The van der Waals surface area contributed by atoms with Gasteiger partial charge in [-0.2, -0.15) is 0 Å². The second kappa shape index (κ2) is 8.80. The fraction of sp³-hybridized carbons (Fsp3) is 0.933. The predicted octanol–water partition coefficient (Wildman–Crippen LogP) is 2.98. The molecule has 0 radical (unpaired) electrons. The number of hydrogen-bond acceptors (Lipinski definition) is 2. The summed E-state index contributed by atoms with van der Waals surface area (Å²) in [6.45, 7) is 2.27. The lowest BCUT2D eigenvalue weighted by Gasteiger charge is -2.32. The molecule has 0 atom stereocenters. The molecule has 2 fully saturated rings. The van der Waals surface area contributed by atoms with Crippen LogP contribution in [0, 0.1) is 5.92 Å². The van der Waals surface area contributed by atoms with Crippen molar-refractivity contribution in [2.45, 2.75) is 63.8 Å². The molecule has 4 heteroatoms. The summed E-state index contributed by atoms with van der Waals surface area (Å²) in [6, 6.07) is 0.527. The van der Waals surface area contributed by atoms with Gasteiger partial charge < -0.3 is 10.2 Å². The number of hydrogen-bond donors (Lipinski definition) is 1. The predicted molar refractivity (Wildman–Crippen MR) is 81.7 cm³/mol. The minimum Gasteiger partial charge on any atom is -0.343 e. The third-order valence-corrected chi connectivity index (χ3v) is 4.74. The Kier molecular flexibility index (Phi) is 7.77. The summed E-state index contributed by atoms with van der Waals surface area (Å²) in [4.78, 5) is 14.2. The Morgan fingerprint density at radius 1 is 1.11 bits per heavy atom. The first-order valence-corrected chi connectivity index (χ1v) is 7.74. The van der Waals surface area contributed by atoms with Crippen LogP contribution in [0.4, 0.5) is 0 Å². The van der Waals surface area contributed by atoms with E-state index in [4.69, 9.17) is 0 Å². The summed E-state index contributed by atoms with van der Waals surface area (Å²) in [5, 5.41) is 3.38. The van der Waals surface area contributed by atoms with E-state index >= 15 is 0 Å². The van der Waals surface area contributed by atoms with Crippen molar-refractivity contribution in [1.29, 1.82) is 0 Å². The van der Waals surface area contributed by atoms with Crippen molar-refractivity contribution in [1.82, 2.24) is 10.2 Å². The maximum absolute atomic E-state index is 12.2. The normalized spacial score (nSPS) is 21.7. The maximum Gasteiger partial charge on any atom is 0.222 e. The van der Waals surface area contributed by atoms with Gasteiger partial charge in [-0.15, -0.1) is 12.4 Å². The smallest absolute Gasteiger partial charge is 0.222 e. The van der Waals surface area contributed by atoms with E-state index in [1.165, 1.54) is 44.9 Å². The molecule has 0 bridgehead atoms. The average Bonchev–Trinajstić information content (AvgIpc) is 2.46.